The third kappa shape index (κ3) is 16.2. The molecule has 5 amide bonds. The van der Waals surface area contributed by atoms with Gasteiger partial charge in [-0.1, -0.05) is 72.1 Å². The number of amides is 5. The number of nitrogens with two attached hydrogens (primary N) is 1. The summed E-state index contributed by atoms with van der Waals surface area (Å²) in [4.78, 5) is 76.7. The predicted molar refractivity (Wildman–Crippen MR) is 201 cm³/mol. The van der Waals surface area contributed by atoms with Crippen LogP contribution in [-0.2, 0) is 24.0 Å². The van der Waals surface area contributed by atoms with E-state index < -0.39 is 35.2 Å². The highest BCUT2D eigenvalue weighted by atomic mass is 16.2. The van der Waals surface area contributed by atoms with E-state index in [4.69, 9.17) is 5.73 Å². The molecule has 51 heavy (non-hydrogen) atoms. The van der Waals surface area contributed by atoms with Crippen LogP contribution in [0.3, 0.4) is 0 Å². The van der Waals surface area contributed by atoms with Crippen LogP contribution in [0, 0.1) is 11.3 Å². The van der Waals surface area contributed by atoms with Crippen molar-refractivity contribution in [2.45, 2.75) is 91.3 Å². The number of Topliss-reactive ketones (excluding diaryl/α,β-unsaturated/α-hetero) is 1. The third-order valence-electron chi connectivity index (χ3n) is 8.46. The number of benzene rings is 1. The average molecular weight is 717 g/mol. The minimum atomic E-state index is -0.838. The Hall–Kier alpha value is -4.04. The van der Waals surface area contributed by atoms with E-state index in [0.717, 1.165) is 37.9 Å². The van der Waals surface area contributed by atoms with E-state index >= 15 is 0 Å². The lowest BCUT2D eigenvalue weighted by Gasteiger charge is -2.36. The Morgan fingerprint density at radius 3 is 1.96 bits per heavy atom. The van der Waals surface area contributed by atoms with Gasteiger partial charge in [-0.3, -0.25) is 19.2 Å². The quantitative estimate of drug-likeness (QED) is 0.169. The summed E-state index contributed by atoms with van der Waals surface area (Å²) in [5, 5.41) is 10.9. The number of nitrogens with one attached hydrogen (secondary N) is 4. The van der Waals surface area contributed by atoms with Crippen LogP contribution in [0.1, 0.15) is 73.1 Å². The molecule has 14 heteroatoms. The maximum Gasteiger partial charge on any atom is 0.315 e. The van der Waals surface area contributed by atoms with Crippen molar-refractivity contribution in [1.29, 1.82) is 0 Å². The minimum Gasteiger partial charge on any atom is -0.368 e. The summed E-state index contributed by atoms with van der Waals surface area (Å²) >= 11 is 0. The van der Waals surface area contributed by atoms with Gasteiger partial charge in [0.25, 0.3) is 5.91 Å². The number of piperazine rings is 1. The summed E-state index contributed by atoms with van der Waals surface area (Å²) in [5.41, 5.74) is 5.46. The number of nitrogens with zero attached hydrogens (tertiary/aromatic N) is 3. The van der Waals surface area contributed by atoms with Crippen LogP contribution in [0.25, 0.3) is 0 Å². The van der Waals surface area contributed by atoms with Crippen LogP contribution in [0.2, 0.25) is 0 Å². The lowest BCUT2D eigenvalue weighted by molar-refractivity contribution is -0.138. The van der Waals surface area contributed by atoms with Gasteiger partial charge in [0.1, 0.15) is 12.3 Å². The van der Waals surface area contributed by atoms with E-state index in [0.29, 0.717) is 32.0 Å². The van der Waals surface area contributed by atoms with Gasteiger partial charge in [-0.15, -0.1) is 0 Å². The second-order valence-electron chi connectivity index (χ2n) is 14.2. The molecule has 0 bridgehead atoms. The predicted octanol–water partition coefficient (Wildman–Crippen LogP) is 1.92. The van der Waals surface area contributed by atoms with E-state index in [-0.39, 0.29) is 24.4 Å². The first kappa shape index (κ1) is 45.0. The van der Waals surface area contributed by atoms with Crippen molar-refractivity contribution in [2.24, 2.45) is 17.1 Å². The van der Waals surface area contributed by atoms with Crippen LogP contribution < -0.4 is 31.9 Å². The number of carbonyl (C=O) groups excluding carboxylic acids is 6. The maximum atomic E-state index is 13.1. The molecule has 14 nitrogen and oxygen atoms in total. The van der Waals surface area contributed by atoms with E-state index in [1.807, 2.05) is 53.1 Å². The highest BCUT2D eigenvalue weighted by Gasteiger charge is 2.39. The monoisotopic (exact) mass is 716 g/mol. The molecule has 3 unspecified atom stereocenters. The van der Waals surface area contributed by atoms with E-state index in [2.05, 4.69) is 52.1 Å². The van der Waals surface area contributed by atoms with Crippen molar-refractivity contribution in [3.63, 3.8) is 0 Å². The van der Waals surface area contributed by atoms with Gasteiger partial charge < -0.3 is 46.5 Å². The molecule has 288 valence electrons. The Morgan fingerprint density at radius 1 is 0.922 bits per heavy atom. The fourth-order valence-electron chi connectivity index (χ4n) is 5.54. The van der Waals surface area contributed by atoms with E-state index in [1.54, 1.807) is 16.8 Å². The molecule has 2 heterocycles. The first-order valence-corrected chi connectivity index (χ1v) is 18.2. The summed E-state index contributed by atoms with van der Waals surface area (Å²) in [6, 6.07) is 7.89. The molecule has 0 aromatic heterocycles. The fraction of sp³-hybridized carbons (Fsp3) is 0.676. The highest BCUT2D eigenvalue weighted by Crippen LogP contribution is 2.33. The van der Waals surface area contributed by atoms with Crippen molar-refractivity contribution >= 4 is 41.5 Å². The Morgan fingerprint density at radius 2 is 1.49 bits per heavy atom. The number of hydrogen-bond donors (Lipinski definition) is 5. The first-order chi connectivity index (χ1) is 24.2. The number of rotatable bonds is 11. The number of likely N-dealkylation sites (tertiary alicyclic amines) is 1. The number of urea groups is 1. The van der Waals surface area contributed by atoms with Gasteiger partial charge in [0.2, 0.25) is 17.6 Å². The molecular weight excluding hydrogens is 652 g/mol. The number of primary amides is 1. The van der Waals surface area contributed by atoms with Crippen molar-refractivity contribution < 1.29 is 28.8 Å². The Kier molecular flexibility index (Phi) is 20.7. The van der Waals surface area contributed by atoms with Crippen molar-refractivity contribution in [3.8, 4) is 0 Å². The fourth-order valence-corrected chi connectivity index (χ4v) is 5.54. The van der Waals surface area contributed by atoms with Crippen LogP contribution in [0.4, 0.5) is 10.5 Å². The second kappa shape index (κ2) is 23.4. The average Bonchev–Trinajstić information content (AvgIpc) is 3.81. The molecular formula is C37H64N8O6. The number of aldehydes is 1. The lowest BCUT2D eigenvalue weighted by atomic mass is 9.85. The van der Waals surface area contributed by atoms with Gasteiger partial charge in [0, 0.05) is 38.4 Å². The summed E-state index contributed by atoms with van der Waals surface area (Å²) in [6.45, 7) is 12.8. The van der Waals surface area contributed by atoms with Crippen LogP contribution in [0.15, 0.2) is 30.3 Å². The van der Waals surface area contributed by atoms with E-state index in [1.165, 1.54) is 19.3 Å². The van der Waals surface area contributed by atoms with Crippen molar-refractivity contribution in [2.75, 3.05) is 65.3 Å². The van der Waals surface area contributed by atoms with Gasteiger partial charge >= 0.3 is 6.03 Å². The Balaban J connectivity index is 0.000000596. The molecule has 1 saturated carbocycles. The van der Waals surface area contributed by atoms with Crippen molar-refractivity contribution in [1.82, 2.24) is 31.1 Å². The molecule has 3 aliphatic rings. The number of likely N-dealkylation sites (N-methyl/N-ethyl adjacent to an activating group) is 1. The smallest absolute Gasteiger partial charge is 0.315 e. The first-order valence-electron chi connectivity index (χ1n) is 18.2. The lowest BCUT2D eigenvalue weighted by Crippen LogP contribution is -2.58. The minimum absolute atomic E-state index is 0.136. The molecule has 3 fully saturated rings. The van der Waals surface area contributed by atoms with Crippen LogP contribution in [-0.4, -0.2) is 124 Å². The largest absolute Gasteiger partial charge is 0.368 e. The van der Waals surface area contributed by atoms with Gasteiger partial charge in [-0.05, 0) is 63.9 Å². The molecule has 1 aromatic carbocycles. The van der Waals surface area contributed by atoms with Gasteiger partial charge in [-0.2, -0.15) is 0 Å². The van der Waals surface area contributed by atoms with Crippen molar-refractivity contribution in [3.05, 3.63) is 30.3 Å². The van der Waals surface area contributed by atoms with Crippen LogP contribution in [0.5, 0.6) is 0 Å². The Labute approximate surface area is 305 Å². The standard InChI is InChI=1S/C24H35N5O4.C8H14N2O2.C3H8.C2H7N/c1-24(2,3)21(22(32)29-11-7-10-19(29)17-30)26-23(33)25-16-20(31)28-14-12-27(13-15-28)18-8-5-4-6-9-18;1-10-6(4-5-2-3-5)7(11)8(9)12;2*1-3-2/h4-6,8-9,17,19,21H,7,10-16H2,1-3H3,(H2,25,26,33);5-6,10H,2-4H2,1H3,(H2,9,12);3H2,1-2H3;3H,1-2H3. The number of ketones is 1. The molecule has 2 aliphatic heterocycles. The SMILES string of the molecule is CC(C)(C)C(NC(=O)NCC(=O)N1CCN(c2ccccc2)CC1)C(=O)N1CCCC1C=O.CCC.CNC.CNC(CC1CC1)C(=O)C(N)=O. The molecule has 3 atom stereocenters. The zero-order valence-corrected chi connectivity index (χ0v) is 32.1. The maximum absolute atomic E-state index is 13.1. The summed E-state index contributed by atoms with van der Waals surface area (Å²) < 4.78 is 0. The molecule has 0 radical (unpaired) electrons. The summed E-state index contributed by atoms with van der Waals surface area (Å²) in [5.74, 6) is -1.14. The molecule has 0 spiro atoms. The number of carbonyl (C=O) groups is 6. The normalized spacial score (nSPS) is 17.9. The Bertz CT molecular complexity index is 1230. The number of para-hydroxylation sites is 1. The van der Waals surface area contributed by atoms with Gasteiger partial charge in [0.05, 0.1) is 18.6 Å². The van der Waals surface area contributed by atoms with Gasteiger partial charge in [-0.25, -0.2) is 4.79 Å². The molecule has 2 saturated heterocycles. The molecule has 6 N–H and O–H groups in total. The number of hydrogen-bond acceptors (Lipinski definition) is 9. The zero-order chi connectivity index (χ0) is 38.6. The second-order valence-corrected chi connectivity index (χ2v) is 14.2. The third-order valence-corrected chi connectivity index (χ3v) is 8.46. The summed E-state index contributed by atoms with van der Waals surface area (Å²) in [6.07, 6.45) is 6.54. The zero-order valence-electron chi connectivity index (χ0n) is 32.1. The van der Waals surface area contributed by atoms with Crippen LogP contribution >= 0.6 is 0 Å². The number of anilines is 1. The van der Waals surface area contributed by atoms with Gasteiger partial charge in [0.15, 0.2) is 0 Å². The molecule has 1 aliphatic carbocycles. The van der Waals surface area contributed by atoms with E-state index in [9.17, 15) is 28.8 Å². The topological polar surface area (TPSA) is 186 Å². The summed E-state index contributed by atoms with van der Waals surface area (Å²) in [7, 11) is 5.42. The highest BCUT2D eigenvalue weighted by molar-refractivity contribution is 6.37. The molecule has 1 aromatic rings. The molecule has 4 rings (SSSR count).